The minimum absolute atomic E-state index is 0.00552. The van der Waals surface area contributed by atoms with Crippen molar-refractivity contribution in [3.8, 4) is 0 Å². The highest BCUT2D eigenvalue weighted by molar-refractivity contribution is 5.98. The van der Waals surface area contributed by atoms with Crippen molar-refractivity contribution in [1.82, 2.24) is 45.8 Å². The number of ether oxygens (including phenoxy) is 2. The van der Waals surface area contributed by atoms with Gasteiger partial charge in [0.05, 0.1) is 13.1 Å². The van der Waals surface area contributed by atoms with E-state index in [2.05, 4.69) is 21.3 Å². The van der Waals surface area contributed by atoms with Crippen molar-refractivity contribution < 1.29 is 77.8 Å². The Balaban J connectivity index is 1.20. The molecule has 5 rings (SSSR count). The Morgan fingerprint density at radius 2 is 1.18 bits per heavy atom. The highest BCUT2D eigenvalue weighted by Gasteiger charge is 2.28. The molecule has 412 valence electrons. The van der Waals surface area contributed by atoms with E-state index in [0.29, 0.717) is 83.8 Å². The lowest BCUT2D eigenvalue weighted by atomic mass is 9.96. The van der Waals surface area contributed by atoms with E-state index in [9.17, 15) is 63.3 Å². The van der Waals surface area contributed by atoms with Gasteiger partial charge in [-0.3, -0.25) is 53.2 Å². The Morgan fingerprint density at radius 3 is 1.78 bits per heavy atom. The lowest BCUT2D eigenvalue weighted by molar-refractivity contribution is -0.141. The minimum Gasteiger partial charge on any atom is -0.481 e. The molecule has 3 atom stereocenters. The van der Waals surface area contributed by atoms with Gasteiger partial charge in [-0.25, -0.2) is 14.4 Å². The predicted octanol–water partition coefficient (Wildman–Crippen LogP) is -0.0103. The van der Waals surface area contributed by atoms with Crippen LogP contribution in [0.1, 0.15) is 59.2 Å². The number of amides is 5. The number of carbonyl (C=O) groups excluding carboxylic acids is 6. The quantitative estimate of drug-likeness (QED) is 0.0368. The number of fused-ring (bicyclic) bond motifs is 2. The average molecular weight is 1060 g/mol. The molecular weight excluding hydrogens is 995 g/mol. The number of benzene rings is 3. The smallest absolute Gasteiger partial charge is 0.326 e. The van der Waals surface area contributed by atoms with E-state index in [-0.39, 0.29) is 71.2 Å². The van der Waals surface area contributed by atoms with E-state index >= 15 is 0 Å². The zero-order valence-electron chi connectivity index (χ0n) is 42.1. The summed E-state index contributed by atoms with van der Waals surface area (Å²) < 4.78 is 10.0. The predicted molar refractivity (Wildman–Crippen MR) is 270 cm³/mol. The van der Waals surface area contributed by atoms with Crippen LogP contribution >= 0.6 is 0 Å². The van der Waals surface area contributed by atoms with Crippen molar-refractivity contribution in [3.63, 3.8) is 0 Å². The maximum atomic E-state index is 14.0. The molecule has 0 saturated carbocycles. The monoisotopic (exact) mass is 1060 g/mol. The molecular formula is C51H67N9O16. The summed E-state index contributed by atoms with van der Waals surface area (Å²) in [6.07, 6.45) is 0.0295. The molecule has 76 heavy (non-hydrogen) atoms. The molecule has 3 aromatic rings. The third-order valence-corrected chi connectivity index (χ3v) is 13.1. The van der Waals surface area contributed by atoms with E-state index in [1.807, 2.05) is 57.2 Å². The Morgan fingerprint density at radius 1 is 0.592 bits per heavy atom. The van der Waals surface area contributed by atoms with Crippen LogP contribution in [0.5, 0.6) is 0 Å². The zero-order chi connectivity index (χ0) is 55.0. The molecule has 2 heterocycles. The van der Waals surface area contributed by atoms with Crippen molar-refractivity contribution in [2.24, 2.45) is 0 Å². The number of carbonyl (C=O) groups is 10. The maximum Gasteiger partial charge on any atom is 0.326 e. The summed E-state index contributed by atoms with van der Waals surface area (Å²) in [7, 11) is 0. The number of nitrogens with zero attached hydrogens (tertiary/aromatic N) is 5. The summed E-state index contributed by atoms with van der Waals surface area (Å²) in [5, 5.41) is 49.5. The minimum atomic E-state index is -1.56. The number of nitrogens with one attached hydrogen (secondary N) is 4. The van der Waals surface area contributed by atoms with Crippen LogP contribution in [0.4, 0.5) is 4.79 Å². The second-order valence-corrected chi connectivity index (χ2v) is 18.5. The van der Waals surface area contributed by atoms with Crippen molar-refractivity contribution >= 4 is 71.3 Å². The van der Waals surface area contributed by atoms with Gasteiger partial charge < -0.3 is 56.1 Å². The second kappa shape index (κ2) is 30.6. The van der Waals surface area contributed by atoms with Crippen molar-refractivity contribution in [2.75, 3.05) is 92.0 Å². The number of urea groups is 1. The fraction of sp³-hybridized carbons (Fsp3) is 0.490. The van der Waals surface area contributed by atoms with Crippen LogP contribution in [-0.2, 0) is 67.2 Å². The lowest BCUT2D eigenvalue weighted by Gasteiger charge is -2.34. The van der Waals surface area contributed by atoms with E-state index in [1.54, 1.807) is 28.0 Å². The van der Waals surface area contributed by atoms with E-state index in [1.165, 1.54) is 0 Å². The van der Waals surface area contributed by atoms with Gasteiger partial charge in [-0.15, -0.1) is 0 Å². The van der Waals surface area contributed by atoms with Crippen LogP contribution in [0, 0.1) is 0 Å². The second-order valence-electron chi connectivity index (χ2n) is 18.5. The molecule has 0 aliphatic carbocycles. The van der Waals surface area contributed by atoms with Crippen molar-refractivity contribution in [1.29, 1.82) is 0 Å². The van der Waals surface area contributed by atoms with Crippen molar-refractivity contribution in [3.05, 3.63) is 82.9 Å². The summed E-state index contributed by atoms with van der Waals surface area (Å²) in [6, 6.07) is 13.5. The Labute approximate surface area is 438 Å². The van der Waals surface area contributed by atoms with Crippen molar-refractivity contribution in [2.45, 2.75) is 69.6 Å². The fourth-order valence-corrected chi connectivity index (χ4v) is 8.82. The maximum absolute atomic E-state index is 14.0. The summed E-state index contributed by atoms with van der Waals surface area (Å²) >= 11 is 0. The van der Waals surface area contributed by atoms with E-state index in [0.717, 1.165) is 27.5 Å². The first-order chi connectivity index (χ1) is 36.5. The number of carboxylic acid groups (broad SMARTS) is 4. The zero-order valence-corrected chi connectivity index (χ0v) is 42.1. The molecule has 2 aliphatic rings. The summed E-state index contributed by atoms with van der Waals surface area (Å²) in [4.78, 5) is 131. The van der Waals surface area contributed by atoms with Crippen LogP contribution < -0.4 is 21.3 Å². The number of rotatable bonds is 27. The summed E-state index contributed by atoms with van der Waals surface area (Å²) in [5.41, 5.74) is 2.77. The first kappa shape index (κ1) is 59.1. The fourth-order valence-electron chi connectivity index (χ4n) is 8.82. The number of aliphatic carboxylic acids is 4. The Kier molecular flexibility index (Phi) is 23.8. The molecule has 25 heteroatoms. The van der Waals surface area contributed by atoms with Gasteiger partial charge in [0.25, 0.3) is 18.9 Å². The molecule has 1 fully saturated rings. The van der Waals surface area contributed by atoms with Gasteiger partial charge in [0.1, 0.15) is 31.6 Å². The molecule has 8 N–H and O–H groups in total. The topological polar surface area (TPSA) is 334 Å². The molecule has 0 bridgehead atoms. The first-order valence-corrected chi connectivity index (χ1v) is 24.9. The van der Waals surface area contributed by atoms with Gasteiger partial charge in [0.15, 0.2) is 0 Å². The SMILES string of the molecule is O=COCN1CCN(COC=O)CCN(CC(=O)N2CCc3cc(C(=O)N[C@@H](Cc4ccc5ccccc5c4)C(=O)NCCCCC(NC(=O)N[C@@H](CCC(=O)O)C(=O)O)C(=O)O)ccc3C2)CCN(CC(=O)O)CC1. The standard InChI is InChI=1S/C51H67N9O16/c61-33-75-31-58-21-19-56(17-18-57(30-46(66)67)20-22-59(24-23-58)32-76-34-62)29-44(63)60-16-14-38-27-39(10-11-40(38)28-60)47(68)53-43(26-35-8-9-36-5-1-2-6-37(36)25-35)48(69)52-15-4-3-7-41(49(70)71)54-51(74)55-42(50(72)73)12-13-45(64)65/h1-2,5-6,8-11,25,27,33-34,41-43H,3-4,7,12-24,26,28-32H2,(H,52,69)(H,53,68)(H,64,65)(H,66,67)(H,70,71)(H,72,73)(H2,54,55,74)/t41?,42-,43-/m0/s1. The number of unbranched alkanes of at least 4 members (excludes halogenated alkanes) is 1. The van der Waals surface area contributed by atoms with Gasteiger partial charge in [0, 0.05) is 90.4 Å². The lowest BCUT2D eigenvalue weighted by Crippen LogP contribution is -2.51. The van der Waals surface area contributed by atoms with Crippen LogP contribution in [0.15, 0.2) is 60.7 Å². The molecule has 5 amide bonds. The number of hydrogen-bond acceptors (Lipinski definition) is 16. The Hall–Kier alpha value is -7.74. The summed E-state index contributed by atoms with van der Waals surface area (Å²) in [5.74, 6) is -6.30. The molecule has 25 nitrogen and oxygen atoms in total. The average Bonchev–Trinajstić information content (AvgIpc) is 3.39. The third-order valence-electron chi connectivity index (χ3n) is 13.1. The number of carboxylic acids is 4. The van der Waals surface area contributed by atoms with Crippen LogP contribution in [-0.4, -0.2) is 216 Å². The van der Waals surface area contributed by atoms with Gasteiger partial charge in [-0.1, -0.05) is 48.5 Å². The molecule has 1 unspecified atom stereocenters. The molecule has 0 aromatic heterocycles. The van der Waals surface area contributed by atoms with E-state index < -0.39 is 72.7 Å². The third kappa shape index (κ3) is 19.8. The molecule has 3 aromatic carbocycles. The van der Waals surface area contributed by atoms with Gasteiger partial charge in [-0.2, -0.15) is 0 Å². The largest absolute Gasteiger partial charge is 0.481 e. The van der Waals surface area contributed by atoms with Gasteiger partial charge in [0.2, 0.25) is 11.8 Å². The molecule has 0 radical (unpaired) electrons. The summed E-state index contributed by atoms with van der Waals surface area (Å²) in [6.45, 7) is 4.36. The van der Waals surface area contributed by atoms with E-state index in [4.69, 9.17) is 14.6 Å². The highest BCUT2D eigenvalue weighted by atomic mass is 16.5. The Bertz CT molecular complexity index is 2510. The highest BCUT2D eigenvalue weighted by Crippen LogP contribution is 2.22. The molecule has 2 aliphatic heterocycles. The first-order valence-electron chi connectivity index (χ1n) is 24.9. The molecule has 1 saturated heterocycles. The van der Waals surface area contributed by atoms with Gasteiger partial charge >= 0.3 is 29.9 Å². The van der Waals surface area contributed by atoms with Crippen LogP contribution in [0.25, 0.3) is 10.8 Å². The normalized spacial score (nSPS) is 16.2. The van der Waals surface area contributed by atoms with Crippen LogP contribution in [0.3, 0.4) is 0 Å². The number of hydrogen-bond donors (Lipinski definition) is 8. The molecule has 0 spiro atoms. The van der Waals surface area contributed by atoms with Crippen LogP contribution in [0.2, 0.25) is 0 Å². The van der Waals surface area contributed by atoms with Gasteiger partial charge in [-0.05, 0) is 71.7 Å².